The smallest absolute Gasteiger partial charge is 0.323 e. The van der Waals surface area contributed by atoms with Gasteiger partial charge in [-0.15, -0.1) is 0 Å². The lowest BCUT2D eigenvalue weighted by Crippen LogP contribution is -2.51. The Kier molecular flexibility index (Phi) is 21.6. The number of methoxy groups -OCH3 is 8. The van der Waals surface area contributed by atoms with Gasteiger partial charge in [0.05, 0.1) is 81.4 Å². The van der Waals surface area contributed by atoms with Crippen molar-refractivity contribution in [3.63, 3.8) is 0 Å². The van der Waals surface area contributed by atoms with Gasteiger partial charge in [-0.2, -0.15) is 0 Å². The summed E-state index contributed by atoms with van der Waals surface area (Å²) in [6.45, 7) is 18.1. The quantitative estimate of drug-likeness (QED) is 0.0303. The summed E-state index contributed by atoms with van der Waals surface area (Å²) < 4.78 is 360. The summed E-state index contributed by atoms with van der Waals surface area (Å²) in [6.07, 6.45) is -14.1. The predicted octanol–water partition coefficient (Wildman–Crippen LogP) is 14.3. The molecule has 8 heterocycles. The molecule has 8 aliphatic rings. The third-order valence-corrected chi connectivity index (χ3v) is 22.4. The van der Waals surface area contributed by atoms with E-state index in [9.17, 15) is 24.7 Å². The van der Waals surface area contributed by atoms with Crippen LogP contribution in [-0.4, -0.2) is 201 Å². The van der Waals surface area contributed by atoms with Crippen molar-refractivity contribution < 1.29 is 123 Å². The molecular formula is C96H152N8O16. The number of nitrogens with zero attached hydrogens (tertiary/aromatic N) is 4. The lowest BCUT2D eigenvalue weighted by atomic mass is 9.79. The molecular weight excluding hydrogens is 1520 g/mol. The van der Waals surface area contributed by atoms with Crippen LogP contribution in [0.1, 0.15) is 277 Å². The molecule has 8 aliphatic heterocycles. The number of nitrogens with two attached hydrogens (primary N) is 4. The lowest BCUT2D eigenvalue weighted by Gasteiger charge is -2.47. The number of fused-ring (bicyclic) bond motifs is 12. The van der Waals surface area contributed by atoms with Crippen molar-refractivity contribution in [3.8, 4) is 46.0 Å². The molecule has 0 bridgehead atoms. The molecule has 12 rings (SSSR count). The van der Waals surface area contributed by atoms with Gasteiger partial charge in [0.2, 0.25) is 0 Å². The van der Waals surface area contributed by atoms with Crippen molar-refractivity contribution in [2.75, 3.05) is 109 Å². The molecule has 4 saturated heterocycles. The molecule has 24 heteroatoms. The van der Waals surface area contributed by atoms with Crippen molar-refractivity contribution in [2.24, 2.45) is 93.9 Å². The van der Waals surface area contributed by atoms with E-state index in [-0.39, 0.29) is 157 Å². The van der Waals surface area contributed by atoms with Crippen molar-refractivity contribution >= 4 is 23.9 Å². The van der Waals surface area contributed by atoms with Crippen LogP contribution in [0.2, 0.25) is 0 Å². The van der Waals surface area contributed by atoms with Crippen molar-refractivity contribution in [1.29, 1.82) is 0 Å². The standard InChI is InChI=1S/4C24H38N2O4/c4*1-14(2)9-17-13-26-8-7-16-10-21(28-5)22(29-6)11-18(16)19(26)12-20(17)30-24(27)23(25)15(3)4/h4*10-11,14-15,17,19-20,23H,7-9,12-13,25H2,1-6H3/t4*17?,19?,20?,23-/m0000/s1/i2*5D3,7D2,8D2,10D,11D,19D;2*7D2,8D2,10D,11D,19D. The van der Waals surface area contributed by atoms with Gasteiger partial charge in [0, 0.05) is 148 Å². The number of carbonyl (C=O) groups is 4. The van der Waals surface area contributed by atoms with Gasteiger partial charge in [0.1, 0.15) is 48.6 Å². The predicted molar refractivity (Wildman–Crippen MR) is 471 cm³/mol. The third kappa shape index (κ3) is 23.8. The zero-order valence-electron chi connectivity index (χ0n) is 108. The Bertz CT molecular complexity index is 5410. The minimum Gasteiger partial charge on any atom is -0.493 e. The maximum Gasteiger partial charge on any atom is 0.323 e. The van der Waals surface area contributed by atoms with Gasteiger partial charge in [-0.05, 0) is 191 Å². The van der Waals surface area contributed by atoms with E-state index in [0.29, 0.717) is 25.7 Å². The number of rotatable bonds is 28. The SMILES string of the molecule is [2H]c1c(OC)c(OC([2H])([2H])[2H])c([2H])c2c1C1([2H])CC(OC(=O)[C@@H](N)C(C)C)C(CC(C)C)CN1C([2H])([2H])C2([2H])[2H].[2H]c1c(OC)c(OC([2H])([2H])[2H])c([2H])c2c1C1([2H])CC(OC(=O)[C@@H](N)C(C)C)C(CC(C)C)CN1C([2H])([2H])C2([2H])[2H].[2H]c1c(OC)c(OC)c([2H])c2c1C1([2H])CC(OC(=O)[C@@H](N)C(C)C)C(CC(C)C)CN1C([2H])([2H])C2([2H])[2H].[2H]c1c(OC)c(OC)c([2H])c2c1C1([2H])CC(OC(=O)[C@@H](N)C(C)C)C(CC(C)C)CN1C([2H])([2H])C2([2H])[2H]. The first kappa shape index (κ1) is 58.9. The van der Waals surface area contributed by atoms with E-state index in [0.717, 1.165) is 33.8 Å². The molecule has 0 saturated carbocycles. The topological polar surface area (TPSA) is 296 Å². The van der Waals surface area contributed by atoms with Gasteiger partial charge < -0.3 is 79.8 Å². The molecule has 120 heavy (non-hydrogen) atoms. The molecule has 16 atom stereocenters. The van der Waals surface area contributed by atoms with Gasteiger partial charge in [-0.25, -0.2) is 0 Å². The molecule has 0 aromatic heterocycles. The zero-order valence-corrected chi connectivity index (χ0v) is 73.7. The second kappa shape index (κ2) is 43.9. The lowest BCUT2D eigenvalue weighted by molar-refractivity contribution is -0.161. The monoisotopic (exact) mass is 1710 g/mol. The largest absolute Gasteiger partial charge is 0.493 e. The summed E-state index contributed by atoms with van der Waals surface area (Å²) >= 11 is 0. The highest BCUT2D eigenvalue weighted by molar-refractivity contribution is 5.77. The normalized spacial score (nSPS) is 35.0. The third-order valence-electron chi connectivity index (χ3n) is 22.4. The Morgan fingerprint density at radius 1 is 0.342 bits per heavy atom. The van der Waals surface area contributed by atoms with Gasteiger partial charge >= 0.3 is 23.9 Å². The fraction of sp³-hybridized carbons (Fsp3) is 0.708. The van der Waals surface area contributed by atoms with Gasteiger partial charge in [0.25, 0.3) is 0 Å². The summed E-state index contributed by atoms with van der Waals surface area (Å²) in [5.74, 6) is -7.93. The highest BCUT2D eigenvalue weighted by Crippen LogP contribution is 2.50. The molecule has 672 valence electrons. The van der Waals surface area contributed by atoms with Gasteiger partial charge in [-0.1, -0.05) is 111 Å². The summed E-state index contributed by atoms with van der Waals surface area (Å²) in [6, 6.07) is -16.7. The second-order valence-electron chi connectivity index (χ2n) is 34.6. The van der Waals surface area contributed by atoms with Gasteiger partial charge in [-0.3, -0.25) is 38.8 Å². The minimum absolute atomic E-state index is 0.0918. The number of esters is 4. The second-order valence-corrected chi connectivity index (χ2v) is 34.6. The molecule has 4 aromatic carbocycles. The van der Waals surface area contributed by atoms with E-state index in [1.165, 1.54) is 28.4 Å². The molecule has 4 aromatic rings. The van der Waals surface area contributed by atoms with E-state index in [4.69, 9.17) is 121 Å². The molecule has 0 aliphatic carbocycles. The number of piperidine rings is 4. The molecule has 24 nitrogen and oxygen atoms in total. The van der Waals surface area contributed by atoms with Crippen molar-refractivity contribution in [1.82, 2.24) is 19.6 Å². The Morgan fingerprint density at radius 2 is 0.525 bits per heavy atom. The average Bonchev–Trinajstić information content (AvgIpc) is 0.687. The highest BCUT2D eigenvalue weighted by atomic mass is 16.6. The van der Waals surface area contributed by atoms with Crippen LogP contribution >= 0.6 is 0 Å². The van der Waals surface area contributed by atoms with Crippen molar-refractivity contribution in [3.05, 3.63) is 92.8 Å². The number of hydrogen-bond acceptors (Lipinski definition) is 24. The summed E-state index contributed by atoms with van der Waals surface area (Å²) in [5, 5.41) is 0. The molecule has 0 spiro atoms. The van der Waals surface area contributed by atoms with E-state index in [1.54, 1.807) is 55.4 Å². The number of hydrogen-bond donors (Lipinski definition) is 4. The minimum atomic E-state index is -3.09. The Morgan fingerprint density at radius 3 is 0.692 bits per heavy atom. The van der Waals surface area contributed by atoms with Crippen LogP contribution in [0.25, 0.3) is 0 Å². The van der Waals surface area contributed by atoms with Crippen LogP contribution in [0.15, 0.2) is 48.3 Å². The van der Waals surface area contributed by atoms with E-state index < -0.39 is 267 Å². The van der Waals surface area contributed by atoms with Crippen LogP contribution < -0.4 is 60.8 Å². The highest BCUT2D eigenvalue weighted by Gasteiger charge is 2.47. The fourth-order valence-corrected chi connectivity index (χ4v) is 15.6. The number of ether oxygens (including phenoxy) is 12. The fourth-order valence-electron chi connectivity index (χ4n) is 15.6. The maximum atomic E-state index is 12.9. The maximum absolute atomic E-state index is 12.9. The Hall–Kier alpha value is -7.16. The van der Waals surface area contributed by atoms with E-state index in [2.05, 4.69) is 0 Å². The zero-order chi connectivity index (χ0) is 118. The molecule has 0 amide bonds. The molecule has 12 unspecified atom stereocenters. The van der Waals surface area contributed by atoms with Crippen LogP contribution in [0.4, 0.5) is 0 Å². The van der Waals surface area contributed by atoms with E-state index >= 15 is 0 Å². The Balaban J connectivity index is 0.000000227. The first-order valence-corrected chi connectivity index (χ1v) is 41.5. The number of carbonyl (C=O) groups excluding carboxylic acids is 4. The molecule has 8 N–H and O–H groups in total. The summed E-state index contributed by atoms with van der Waals surface area (Å²) in [7, 11) is 1.14. The molecule has 0 radical (unpaired) electrons. The summed E-state index contributed by atoms with van der Waals surface area (Å²) in [5.41, 5.74) is 20.8. The average molecular weight is 1710 g/mol. The first-order valence-electron chi connectivity index (χ1n) is 58.5. The van der Waals surface area contributed by atoms with Crippen LogP contribution in [0, 0.1) is 71.0 Å². The summed E-state index contributed by atoms with van der Waals surface area (Å²) in [4.78, 5) is 55.8. The van der Waals surface area contributed by atoms with Gasteiger partial charge in [0.15, 0.2) is 46.0 Å². The first-order chi connectivity index (χ1) is 70.2. The van der Waals surface area contributed by atoms with Crippen molar-refractivity contribution in [2.45, 2.75) is 260 Å². The number of benzene rings is 4. The van der Waals surface area contributed by atoms with Crippen LogP contribution in [0.3, 0.4) is 0 Å². The van der Waals surface area contributed by atoms with Crippen LogP contribution in [-0.2, 0) is 63.6 Å². The Labute approximate surface area is 766 Å². The molecule has 4 fully saturated rings. The van der Waals surface area contributed by atoms with Crippen LogP contribution in [0.5, 0.6) is 46.0 Å². The van der Waals surface area contributed by atoms with E-state index in [1.807, 2.05) is 55.4 Å².